The Labute approximate surface area is 69.8 Å². The fourth-order valence-corrected chi connectivity index (χ4v) is 0. The summed E-state index contributed by atoms with van der Waals surface area (Å²) in [7, 11) is 9.81. The van der Waals surface area contributed by atoms with Crippen molar-refractivity contribution in [1.29, 1.82) is 0 Å². The van der Waals surface area contributed by atoms with E-state index in [9.17, 15) is 4.79 Å². The number of halogens is 2. The van der Waals surface area contributed by atoms with Crippen molar-refractivity contribution in [2.24, 2.45) is 11.5 Å². The number of hydrogen-bond donors (Lipinski definition) is 3. The molecule has 0 aromatic heterocycles. The first kappa shape index (κ1) is 12.4. The average molecular weight is 185 g/mol. The largest absolute Gasteiger partial charge is 0.618 e. The molecular weight excluding hydrogens is 179 g/mol. The van der Waals surface area contributed by atoms with Gasteiger partial charge in [0.05, 0.1) is 0 Å². The maximum atomic E-state index is 9.45. The molecular formula is C2H6Cl2MgN2O2. The Kier molecular flexibility index (Phi) is 12.1. The summed E-state index contributed by atoms with van der Waals surface area (Å²) in [6, 6.07) is 0. The van der Waals surface area contributed by atoms with Crippen molar-refractivity contribution in [3.05, 3.63) is 0 Å². The van der Waals surface area contributed by atoms with Gasteiger partial charge in [-0.15, -0.1) is 0 Å². The first-order valence-corrected chi connectivity index (χ1v) is 6.19. The molecule has 0 fully saturated rings. The van der Waals surface area contributed by atoms with E-state index >= 15 is 0 Å². The maximum absolute atomic E-state index is 9.45. The van der Waals surface area contributed by atoms with Gasteiger partial charge in [-0.3, -0.25) is 0 Å². The number of aliphatic carboxylic acids is 1. The predicted octanol–water partition coefficient (Wildman–Crippen LogP) is -0.687. The van der Waals surface area contributed by atoms with Crippen LogP contribution < -0.4 is 11.5 Å². The van der Waals surface area contributed by atoms with Crippen molar-refractivity contribution >= 4 is 42.3 Å². The van der Waals surface area contributed by atoms with Crippen molar-refractivity contribution < 1.29 is 9.90 Å². The summed E-state index contributed by atoms with van der Waals surface area (Å²) in [4.78, 5) is 9.45. The fraction of sp³-hybridized carbons (Fsp3) is 0.500. The van der Waals surface area contributed by atoms with Crippen LogP contribution in [0.25, 0.3) is 0 Å². The van der Waals surface area contributed by atoms with Gasteiger partial charge in [-0.25, -0.2) is 4.79 Å². The lowest BCUT2D eigenvalue weighted by Crippen LogP contribution is -2.38. The highest BCUT2D eigenvalue weighted by Crippen LogP contribution is 1.67. The number of nitrogens with two attached hydrogens (primary N) is 2. The van der Waals surface area contributed by atoms with Crippen LogP contribution in [0.2, 0.25) is 0 Å². The molecule has 0 bridgehead atoms. The second-order valence-corrected chi connectivity index (χ2v) is 3.59. The van der Waals surface area contributed by atoms with E-state index in [4.69, 9.17) is 23.2 Å². The monoisotopic (exact) mass is 184 g/mol. The lowest BCUT2D eigenvalue weighted by molar-refractivity contribution is -0.138. The summed E-state index contributed by atoms with van der Waals surface area (Å²) >= 11 is -0.639. The van der Waals surface area contributed by atoms with Crippen LogP contribution in [0.5, 0.6) is 0 Å². The molecule has 0 aliphatic carbocycles. The Morgan fingerprint density at radius 2 is 1.67 bits per heavy atom. The Hall–Kier alpha value is 0.736. The third-order valence-electron chi connectivity index (χ3n) is 0.285. The quantitative estimate of drug-likeness (QED) is 0.373. The fourth-order valence-electron chi connectivity index (χ4n) is 0. The predicted molar refractivity (Wildman–Crippen MR) is 37.3 cm³/mol. The summed E-state index contributed by atoms with van der Waals surface area (Å²) in [5.41, 5.74) is 9.23. The molecule has 0 heterocycles. The summed E-state index contributed by atoms with van der Waals surface area (Å²) in [6.07, 6.45) is -1.23. The van der Waals surface area contributed by atoms with Crippen LogP contribution >= 0.6 is 18.1 Å². The standard InChI is InChI=1S/C2H6N2O2.2ClH.Mg/c3-1(4)2(5)6;;;/h1H,3-4H2,(H,5,6);2*1H;/q;;;+2/p-2. The smallest absolute Gasteiger partial charge is 0.479 e. The summed E-state index contributed by atoms with van der Waals surface area (Å²) in [5, 5.41) is 7.74. The Bertz CT molecular complexity index is 81.0. The number of carboxylic acids is 1. The van der Waals surface area contributed by atoms with Crippen molar-refractivity contribution in [3.8, 4) is 0 Å². The highest BCUT2D eigenvalue weighted by atomic mass is 35.6. The molecule has 0 aromatic carbocycles. The average Bonchev–Trinajstić information content (AvgIpc) is 1.68. The maximum Gasteiger partial charge on any atom is 0.618 e. The van der Waals surface area contributed by atoms with Crippen molar-refractivity contribution in [2.45, 2.75) is 6.17 Å². The summed E-state index contributed by atoms with van der Waals surface area (Å²) in [5.74, 6) is -1.19. The van der Waals surface area contributed by atoms with Crippen LogP contribution in [-0.4, -0.2) is 35.4 Å². The van der Waals surface area contributed by atoms with Gasteiger partial charge in [0.25, 0.3) is 0 Å². The lowest BCUT2D eigenvalue weighted by Gasteiger charge is -1.90. The topological polar surface area (TPSA) is 89.3 Å². The Balaban J connectivity index is 0. The number of hydrogen-bond acceptors (Lipinski definition) is 3. The molecule has 0 aliphatic heterocycles. The third-order valence-corrected chi connectivity index (χ3v) is 0.285. The van der Waals surface area contributed by atoms with E-state index in [0.29, 0.717) is 0 Å². The summed E-state index contributed by atoms with van der Waals surface area (Å²) in [6.45, 7) is 0. The first-order chi connectivity index (χ1) is 4.06. The molecule has 0 atom stereocenters. The first-order valence-electron chi connectivity index (χ1n) is 1.92. The van der Waals surface area contributed by atoms with Crippen LogP contribution in [0.1, 0.15) is 0 Å². The van der Waals surface area contributed by atoms with Gasteiger partial charge in [-0.05, 0) is 0 Å². The molecule has 0 saturated heterocycles. The van der Waals surface area contributed by atoms with E-state index < -0.39 is 30.3 Å². The third kappa shape index (κ3) is 17.7. The number of rotatable bonds is 1. The van der Waals surface area contributed by atoms with Crippen LogP contribution in [0.15, 0.2) is 0 Å². The van der Waals surface area contributed by atoms with Crippen LogP contribution in [0.4, 0.5) is 0 Å². The SMILES string of the molecule is NC(N)C(=O)O.[Cl][Mg][Cl]. The second kappa shape index (κ2) is 8.74. The van der Waals surface area contributed by atoms with Crippen molar-refractivity contribution in [1.82, 2.24) is 0 Å². The van der Waals surface area contributed by atoms with Gasteiger partial charge in [-0.1, -0.05) is 0 Å². The second-order valence-electron chi connectivity index (χ2n) is 0.965. The molecule has 0 amide bonds. The zero-order valence-corrected chi connectivity index (χ0v) is 7.48. The van der Waals surface area contributed by atoms with E-state index in [2.05, 4.69) is 11.5 Å². The molecule has 0 saturated carbocycles. The van der Waals surface area contributed by atoms with Crippen LogP contribution in [0.3, 0.4) is 0 Å². The minimum absolute atomic E-state index is 0.639. The van der Waals surface area contributed by atoms with Gasteiger partial charge in [0.15, 0.2) is 6.17 Å². The molecule has 4 nitrogen and oxygen atoms in total. The van der Waals surface area contributed by atoms with E-state index in [1.807, 2.05) is 0 Å². The highest BCUT2D eigenvalue weighted by molar-refractivity contribution is 7.22. The van der Waals surface area contributed by atoms with E-state index in [1.54, 1.807) is 0 Å². The van der Waals surface area contributed by atoms with E-state index in [1.165, 1.54) is 0 Å². The molecule has 5 N–H and O–H groups in total. The van der Waals surface area contributed by atoms with Gasteiger partial charge < -0.3 is 34.7 Å². The minimum atomic E-state index is -1.23. The molecule has 0 aliphatic rings. The van der Waals surface area contributed by atoms with Crippen LogP contribution in [0, 0.1) is 0 Å². The van der Waals surface area contributed by atoms with Gasteiger partial charge >= 0.3 is 24.1 Å². The van der Waals surface area contributed by atoms with E-state index in [-0.39, 0.29) is 0 Å². The zero-order valence-electron chi connectivity index (χ0n) is 4.55. The molecule has 52 valence electrons. The number of carbonyl (C=O) groups is 1. The molecule has 0 radical (unpaired) electrons. The summed E-state index contributed by atoms with van der Waals surface area (Å²) < 4.78 is 0. The normalized spacial score (nSPS) is 7.22. The highest BCUT2D eigenvalue weighted by Gasteiger charge is 1.99. The zero-order chi connectivity index (χ0) is 7.86. The van der Waals surface area contributed by atoms with Gasteiger partial charge in [0.1, 0.15) is 0 Å². The molecule has 0 aromatic rings. The molecule has 0 spiro atoms. The number of carboxylic acid groups (broad SMARTS) is 1. The van der Waals surface area contributed by atoms with E-state index in [0.717, 1.165) is 0 Å². The Morgan fingerprint density at radius 1 is 1.56 bits per heavy atom. The molecule has 0 unspecified atom stereocenters. The minimum Gasteiger partial charge on any atom is -0.479 e. The lowest BCUT2D eigenvalue weighted by atomic mass is 10.6. The molecule has 7 heteroatoms. The van der Waals surface area contributed by atoms with Crippen molar-refractivity contribution in [2.75, 3.05) is 0 Å². The van der Waals surface area contributed by atoms with Crippen molar-refractivity contribution in [3.63, 3.8) is 0 Å². The Morgan fingerprint density at radius 3 is 1.67 bits per heavy atom. The van der Waals surface area contributed by atoms with Crippen LogP contribution in [-0.2, 0) is 4.79 Å². The van der Waals surface area contributed by atoms with Gasteiger partial charge in [-0.2, -0.15) is 0 Å². The van der Waals surface area contributed by atoms with Gasteiger partial charge in [0.2, 0.25) is 0 Å². The van der Waals surface area contributed by atoms with Gasteiger partial charge in [0, 0.05) is 0 Å². The molecule has 9 heavy (non-hydrogen) atoms. The molecule has 0 rings (SSSR count).